The number of halogens is 1. The Morgan fingerprint density at radius 2 is 2.04 bits per heavy atom. The average molecular weight is 326 g/mol. The van der Waals surface area contributed by atoms with Crippen molar-refractivity contribution >= 4 is 5.91 Å². The van der Waals surface area contributed by atoms with Gasteiger partial charge in [0.05, 0.1) is 6.04 Å². The first-order valence-corrected chi connectivity index (χ1v) is 7.73. The maximum Gasteiger partial charge on any atom is 0.237 e. The van der Waals surface area contributed by atoms with E-state index in [4.69, 9.17) is 15.2 Å². The molecule has 2 atom stereocenters. The number of ether oxygens (including phenoxy) is 2. The van der Waals surface area contributed by atoms with Crippen LogP contribution in [0.25, 0.3) is 0 Å². The maximum atomic E-state index is 12.8. The monoisotopic (exact) mass is 326 g/mol. The van der Waals surface area contributed by atoms with Gasteiger partial charge in [0.15, 0.2) is 0 Å². The van der Waals surface area contributed by atoms with E-state index >= 15 is 0 Å². The van der Waals surface area contributed by atoms with Gasteiger partial charge in [-0.1, -0.05) is 0 Å². The zero-order chi connectivity index (χ0) is 16.7. The second kappa shape index (κ2) is 8.81. The zero-order valence-corrected chi connectivity index (χ0v) is 12.9. The Balaban J connectivity index is 1.67. The molecular formula is C16H23FN2O4. The maximum absolute atomic E-state index is 12.8. The lowest BCUT2D eigenvalue weighted by atomic mass is 9.92. The Labute approximate surface area is 134 Å². The number of hydrogen-bond donors (Lipinski definition) is 3. The Morgan fingerprint density at radius 3 is 2.70 bits per heavy atom. The summed E-state index contributed by atoms with van der Waals surface area (Å²) >= 11 is 0. The molecule has 128 valence electrons. The van der Waals surface area contributed by atoms with Crippen LogP contribution in [0.5, 0.6) is 5.75 Å². The summed E-state index contributed by atoms with van der Waals surface area (Å²) in [5.74, 6) is -0.0722. The summed E-state index contributed by atoms with van der Waals surface area (Å²) in [5.41, 5.74) is 5.94. The smallest absolute Gasteiger partial charge is 0.237 e. The number of carbonyl (C=O) groups excluding carboxylic acids is 1. The lowest BCUT2D eigenvalue weighted by Gasteiger charge is -2.27. The average Bonchev–Trinajstić information content (AvgIpc) is 2.59. The third-order valence-corrected chi connectivity index (χ3v) is 3.84. The van der Waals surface area contributed by atoms with E-state index in [2.05, 4.69) is 5.32 Å². The van der Waals surface area contributed by atoms with E-state index < -0.39 is 12.1 Å². The zero-order valence-electron chi connectivity index (χ0n) is 12.9. The molecular weight excluding hydrogens is 303 g/mol. The third kappa shape index (κ3) is 5.78. The molecule has 0 spiro atoms. The van der Waals surface area contributed by atoms with Crippen LogP contribution in [0.3, 0.4) is 0 Å². The summed E-state index contributed by atoms with van der Waals surface area (Å²) in [6, 6.07) is 4.90. The molecule has 1 aromatic carbocycles. The van der Waals surface area contributed by atoms with Gasteiger partial charge in [0.2, 0.25) is 5.91 Å². The van der Waals surface area contributed by atoms with Gasteiger partial charge in [-0.3, -0.25) is 4.79 Å². The van der Waals surface area contributed by atoms with Crippen LogP contribution in [0.1, 0.15) is 12.8 Å². The van der Waals surface area contributed by atoms with Crippen LogP contribution in [-0.2, 0) is 9.53 Å². The second-order valence-electron chi connectivity index (χ2n) is 5.64. The largest absolute Gasteiger partial charge is 0.491 e. The minimum atomic E-state index is -0.870. The normalized spacial score (nSPS) is 18.2. The molecule has 6 nitrogen and oxygen atoms in total. The molecule has 0 aliphatic carbocycles. The number of amides is 1. The van der Waals surface area contributed by atoms with E-state index in [1.165, 1.54) is 24.3 Å². The Kier molecular flexibility index (Phi) is 6.76. The highest BCUT2D eigenvalue weighted by Crippen LogP contribution is 2.17. The molecule has 0 radical (unpaired) electrons. The van der Waals surface area contributed by atoms with Crippen LogP contribution >= 0.6 is 0 Å². The van der Waals surface area contributed by atoms with Crippen LogP contribution in [0.4, 0.5) is 4.39 Å². The van der Waals surface area contributed by atoms with Gasteiger partial charge in [0.25, 0.3) is 0 Å². The fourth-order valence-corrected chi connectivity index (χ4v) is 2.41. The molecule has 1 aromatic rings. The van der Waals surface area contributed by atoms with E-state index in [9.17, 15) is 14.3 Å². The van der Waals surface area contributed by atoms with Crippen LogP contribution < -0.4 is 15.8 Å². The van der Waals surface area contributed by atoms with E-state index in [0.29, 0.717) is 19.0 Å². The molecule has 23 heavy (non-hydrogen) atoms. The fourth-order valence-electron chi connectivity index (χ4n) is 2.41. The number of rotatable bonds is 7. The number of hydrogen-bond acceptors (Lipinski definition) is 5. The number of carbonyl (C=O) groups is 1. The van der Waals surface area contributed by atoms with Crippen LogP contribution in [0.2, 0.25) is 0 Å². The molecule has 2 unspecified atom stereocenters. The fraction of sp³-hybridized carbons (Fsp3) is 0.562. The quantitative estimate of drug-likeness (QED) is 0.676. The molecule has 7 heteroatoms. The molecule has 4 N–H and O–H groups in total. The van der Waals surface area contributed by atoms with E-state index in [-0.39, 0.29) is 30.8 Å². The standard InChI is InChI=1S/C16H23FN2O4/c17-12-1-3-14(4-2-12)23-10-13(20)9-19-16(21)15(18)11-5-7-22-8-6-11/h1-4,11,13,15,20H,5-10,18H2,(H,19,21). The van der Waals surface area contributed by atoms with Gasteiger partial charge in [0.1, 0.15) is 24.3 Å². The molecule has 0 bridgehead atoms. The summed E-state index contributed by atoms with van der Waals surface area (Å²) in [7, 11) is 0. The van der Waals surface area contributed by atoms with Crippen molar-refractivity contribution < 1.29 is 23.8 Å². The number of nitrogens with one attached hydrogen (secondary N) is 1. The predicted octanol–water partition coefficient (Wildman–Crippen LogP) is 0.435. The minimum absolute atomic E-state index is 0.00157. The summed E-state index contributed by atoms with van der Waals surface area (Å²) in [5, 5.41) is 12.5. The topological polar surface area (TPSA) is 93.8 Å². The minimum Gasteiger partial charge on any atom is -0.491 e. The van der Waals surface area contributed by atoms with Crippen molar-refractivity contribution in [2.45, 2.75) is 25.0 Å². The van der Waals surface area contributed by atoms with Crippen molar-refractivity contribution in [1.29, 1.82) is 0 Å². The molecule has 1 saturated heterocycles. The summed E-state index contributed by atoms with van der Waals surface area (Å²) < 4.78 is 23.3. The van der Waals surface area contributed by atoms with Gasteiger partial charge < -0.3 is 25.6 Å². The molecule has 0 saturated carbocycles. The highest BCUT2D eigenvalue weighted by molar-refractivity contribution is 5.81. The summed E-state index contributed by atoms with van der Waals surface area (Å²) in [6.07, 6.45) is 0.668. The highest BCUT2D eigenvalue weighted by atomic mass is 19.1. The van der Waals surface area contributed by atoms with Gasteiger partial charge in [-0.25, -0.2) is 4.39 Å². The van der Waals surface area contributed by atoms with Crippen molar-refractivity contribution in [2.75, 3.05) is 26.4 Å². The first-order chi connectivity index (χ1) is 11.1. The van der Waals surface area contributed by atoms with Gasteiger partial charge in [0, 0.05) is 19.8 Å². The highest BCUT2D eigenvalue weighted by Gasteiger charge is 2.26. The van der Waals surface area contributed by atoms with Crippen LogP contribution in [-0.4, -0.2) is 49.5 Å². The predicted molar refractivity (Wildman–Crippen MR) is 82.4 cm³/mol. The summed E-state index contributed by atoms with van der Waals surface area (Å²) in [4.78, 5) is 12.0. The summed E-state index contributed by atoms with van der Waals surface area (Å²) in [6.45, 7) is 1.30. The van der Waals surface area contributed by atoms with Crippen molar-refractivity contribution in [3.8, 4) is 5.75 Å². The van der Waals surface area contributed by atoms with Crippen molar-refractivity contribution in [1.82, 2.24) is 5.32 Å². The van der Waals surface area contributed by atoms with Crippen molar-refractivity contribution in [3.05, 3.63) is 30.1 Å². The molecule has 1 aliphatic heterocycles. The Hall–Kier alpha value is -1.70. The van der Waals surface area contributed by atoms with E-state index in [1.54, 1.807) is 0 Å². The van der Waals surface area contributed by atoms with Crippen molar-refractivity contribution in [2.24, 2.45) is 11.7 Å². The second-order valence-corrected chi connectivity index (χ2v) is 5.64. The number of nitrogens with two attached hydrogens (primary N) is 1. The molecule has 0 aromatic heterocycles. The van der Waals surface area contributed by atoms with E-state index in [1.807, 2.05) is 0 Å². The lowest BCUT2D eigenvalue weighted by Crippen LogP contribution is -2.49. The van der Waals surface area contributed by atoms with Gasteiger partial charge in [-0.05, 0) is 43.0 Å². The number of aliphatic hydroxyl groups is 1. The van der Waals surface area contributed by atoms with Gasteiger partial charge in [-0.15, -0.1) is 0 Å². The van der Waals surface area contributed by atoms with Crippen molar-refractivity contribution in [3.63, 3.8) is 0 Å². The van der Waals surface area contributed by atoms with Crippen LogP contribution in [0.15, 0.2) is 24.3 Å². The number of aliphatic hydroxyl groups excluding tert-OH is 1. The molecule has 1 heterocycles. The molecule has 1 amide bonds. The van der Waals surface area contributed by atoms with Crippen LogP contribution in [0, 0.1) is 11.7 Å². The molecule has 2 rings (SSSR count). The number of benzene rings is 1. The Bertz CT molecular complexity index is 491. The van der Waals surface area contributed by atoms with E-state index in [0.717, 1.165) is 12.8 Å². The Morgan fingerprint density at radius 1 is 1.39 bits per heavy atom. The third-order valence-electron chi connectivity index (χ3n) is 3.84. The molecule has 1 aliphatic rings. The van der Waals surface area contributed by atoms with Gasteiger partial charge >= 0.3 is 0 Å². The first kappa shape index (κ1) is 17.7. The first-order valence-electron chi connectivity index (χ1n) is 7.73. The van der Waals surface area contributed by atoms with Gasteiger partial charge in [-0.2, -0.15) is 0 Å². The SMILES string of the molecule is NC(C(=O)NCC(O)COc1ccc(F)cc1)C1CCOCC1. The molecule has 1 fully saturated rings. The lowest BCUT2D eigenvalue weighted by molar-refractivity contribution is -0.124.